The maximum absolute atomic E-state index is 11.3. The van der Waals surface area contributed by atoms with E-state index in [1.54, 1.807) is 18.2 Å². The van der Waals surface area contributed by atoms with Gasteiger partial charge in [-0.25, -0.2) is 0 Å². The van der Waals surface area contributed by atoms with E-state index in [0.717, 1.165) is 16.9 Å². The standard InChI is InChI=1S/C23H27ClO7/c1-3-29-17-7-4-14(5-8-17)10-16-11-15(6-9-18(16)24)22-20(27)21(28)23(30-13(2)26)19(12-25)31-22/h4-9,11,19-23,25,27-28H,3,10,12H2,1-2H3. The Hall–Kier alpha value is -2.16. The van der Waals surface area contributed by atoms with Gasteiger partial charge in [-0.05, 0) is 48.2 Å². The second-order valence-electron chi connectivity index (χ2n) is 7.44. The molecule has 3 rings (SSSR count). The molecule has 7 nitrogen and oxygen atoms in total. The van der Waals surface area contributed by atoms with Crippen molar-refractivity contribution >= 4 is 17.6 Å². The van der Waals surface area contributed by atoms with Gasteiger partial charge in [0.1, 0.15) is 30.2 Å². The smallest absolute Gasteiger partial charge is 0.303 e. The first-order valence-electron chi connectivity index (χ1n) is 10.1. The molecule has 0 radical (unpaired) electrons. The lowest BCUT2D eigenvalue weighted by atomic mass is 9.90. The first-order valence-corrected chi connectivity index (χ1v) is 10.5. The molecule has 5 unspecified atom stereocenters. The van der Waals surface area contributed by atoms with Crippen LogP contribution in [-0.2, 0) is 20.7 Å². The molecule has 1 saturated heterocycles. The van der Waals surface area contributed by atoms with E-state index in [1.165, 1.54) is 6.92 Å². The van der Waals surface area contributed by atoms with Crippen molar-refractivity contribution in [2.24, 2.45) is 0 Å². The highest BCUT2D eigenvalue weighted by Gasteiger charge is 2.46. The fraction of sp³-hybridized carbons (Fsp3) is 0.435. The summed E-state index contributed by atoms with van der Waals surface area (Å²) in [6.07, 6.45) is -5.28. The summed E-state index contributed by atoms with van der Waals surface area (Å²) in [4.78, 5) is 11.3. The summed E-state index contributed by atoms with van der Waals surface area (Å²) in [5, 5.41) is 31.3. The lowest BCUT2D eigenvalue weighted by Gasteiger charge is -2.41. The normalized spacial score (nSPS) is 25.8. The highest BCUT2D eigenvalue weighted by atomic mass is 35.5. The fourth-order valence-electron chi connectivity index (χ4n) is 3.70. The summed E-state index contributed by atoms with van der Waals surface area (Å²) < 4.78 is 16.3. The summed E-state index contributed by atoms with van der Waals surface area (Å²) in [5.41, 5.74) is 2.43. The minimum Gasteiger partial charge on any atom is -0.494 e. The predicted molar refractivity (Wildman–Crippen MR) is 114 cm³/mol. The molecule has 31 heavy (non-hydrogen) atoms. The van der Waals surface area contributed by atoms with Crippen LogP contribution < -0.4 is 4.74 Å². The number of rotatable bonds is 7. The topological polar surface area (TPSA) is 105 Å². The van der Waals surface area contributed by atoms with Crippen molar-refractivity contribution in [2.75, 3.05) is 13.2 Å². The molecular weight excluding hydrogens is 424 g/mol. The van der Waals surface area contributed by atoms with Gasteiger partial charge in [0.15, 0.2) is 6.10 Å². The number of hydrogen-bond acceptors (Lipinski definition) is 7. The van der Waals surface area contributed by atoms with Crippen LogP contribution in [0.5, 0.6) is 5.75 Å². The summed E-state index contributed by atoms with van der Waals surface area (Å²) >= 11 is 6.39. The maximum Gasteiger partial charge on any atom is 0.303 e. The highest BCUT2D eigenvalue weighted by Crippen LogP contribution is 2.35. The number of esters is 1. The van der Waals surface area contributed by atoms with Crippen molar-refractivity contribution in [3.05, 3.63) is 64.2 Å². The highest BCUT2D eigenvalue weighted by molar-refractivity contribution is 6.31. The largest absolute Gasteiger partial charge is 0.494 e. The first kappa shape index (κ1) is 23.5. The van der Waals surface area contributed by atoms with Crippen LogP contribution >= 0.6 is 11.6 Å². The van der Waals surface area contributed by atoms with Crippen LogP contribution in [0.15, 0.2) is 42.5 Å². The van der Waals surface area contributed by atoms with Crippen LogP contribution in [0.2, 0.25) is 5.02 Å². The van der Waals surface area contributed by atoms with E-state index in [-0.39, 0.29) is 0 Å². The van der Waals surface area contributed by atoms with Gasteiger partial charge in [0.05, 0.1) is 13.2 Å². The summed E-state index contributed by atoms with van der Waals surface area (Å²) in [6, 6.07) is 12.9. The van der Waals surface area contributed by atoms with Gasteiger partial charge in [-0.1, -0.05) is 35.9 Å². The molecule has 1 heterocycles. The average molecular weight is 451 g/mol. The van der Waals surface area contributed by atoms with Crippen LogP contribution in [0.1, 0.15) is 36.6 Å². The number of carbonyl (C=O) groups excluding carboxylic acids is 1. The van der Waals surface area contributed by atoms with Crippen LogP contribution in [0.4, 0.5) is 0 Å². The van der Waals surface area contributed by atoms with E-state index in [0.29, 0.717) is 23.6 Å². The molecule has 1 aliphatic heterocycles. The van der Waals surface area contributed by atoms with Crippen molar-refractivity contribution in [3.63, 3.8) is 0 Å². The Bertz CT molecular complexity index is 884. The quantitative estimate of drug-likeness (QED) is 0.556. The number of ether oxygens (including phenoxy) is 3. The van der Waals surface area contributed by atoms with Crippen molar-refractivity contribution in [1.29, 1.82) is 0 Å². The van der Waals surface area contributed by atoms with Gasteiger partial charge in [0.25, 0.3) is 0 Å². The Kier molecular flexibility index (Phi) is 7.91. The van der Waals surface area contributed by atoms with Crippen LogP contribution in [-0.4, -0.2) is 58.9 Å². The molecule has 0 spiro atoms. The zero-order valence-electron chi connectivity index (χ0n) is 17.4. The SMILES string of the molecule is CCOc1ccc(Cc2cc(C3OC(CO)C(OC(C)=O)C(O)C3O)ccc2Cl)cc1. The monoisotopic (exact) mass is 450 g/mol. The molecule has 0 aromatic heterocycles. The third kappa shape index (κ3) is 5.56. The molecule has 8 heteroatoms. The van der Waals surface area contributed by atoms with E-state index in [2.05, 4.69) is 0 Å². The van der Waals surface area contributed by atoms with E-state index < -0.39 is 43.1 Å². The Morgan fingerprint density at radius 3 is 2.45 bits per heavy atom. The van der Waals surface area contributed by atoms with Crippen LogP contribution in [0.3, 0.4) is 0 Å². The van der Waals surface area contributed by atoms with Crippen molar-refractivity contribution in [3.8, 4) is 5.75 Å². The molecular formula is C23H27ClO7. The molecule has 0 saturated carbocycles. The van der Waals surface area contributed by atoms with Crippen molar-refractivity contribution in [2.45, 2.75) is 50.8 Å². The van der Waals surface area contributed by atoms with Crippen molar-refractivity contribution in [1.82, 2.24) is 0 Å². The number of hydrogen-bond donors (Lipinski definition) is 3. The minimum absolute atomic E-state index is 0.481. The summed E-state index contributed by atoms with van der Waals surface area (Å²) in [5.74, 6) is 0.150. The van der Waals surface area contributed by atoms with E-state index in [1.807, 2.05) is 31.2 Å². The second kappa shape index (κ2) is 10.4. The first-order chi connectivity index (χ1) is 14.8. The van der Waals surface area contributed by atoms with Gasteiger partial charge in [0.2, 0.25) is 0 Å². The number of benzene rings is 2. The van der Waals surface area contributed by atoms with Crippen LogP contribution in [0, 0.1) is 0 Å². The fourth-order valence-corrected chi connectivity index (χ4v) is 3.88. The van der Waals surface area contributed by atoms with Gasteiger partial charge in [-0.3, -0.25) is 4.79 Å². The molecule has 1 fully saturated rings. The Morgan fingerprint density at radius 1 is 1.13 bits per heavy atom. The number of aliphatic hydroxyl groups is 3. The number of aliphatic hydroxyl groups excluding tert-OH is 3. The maximum atomic E-state index is 11.3. The molecule has 1 aliphatic rings. The molecule has 0 aliphatic carbocycles. The Balaban J connectivity index is 1.82. The lowest BCUT2D eigenvalue weighted by Crippen LogP contribution is -2.56. The average Bonchev–Trinajstić information content (AvgIpc) is 2.75. The lowest BCUT2D eigenvalue weighted by molar-refractivity contribution is -0.240. The van der Waals surface area contributed by atoms with Gasteiger partial charge in [-0.2, -0.15) is 0 Å². The predicted octanol–water partition coefficient (Wildman–Crippen LogP) is 2.42. The van der Waals surface area contributed by atoms with Gasteiger partial charge >= 0.3 is 5.97 Å². The van der Waals surface area contributed by atoms with Gasteiger partial charge < -0.3 is 29.5 Å². The number of halogens is 1. The summed E-state index contributed by atoms with van der Waals surface area (Å²) in [7, 11) is 0. The Labute approximate surface area is 186 Å². The Morgan fingerprint density at radius 2 is 1.84 bits per heavy atom. The number of carbonyl (C=O) groups is 1. The minimum atomic E-state index is -1.41. The third-order valence-electron chi connectivity index (χ3n) is 5.19. The van der Waals surface area contributed by atoms with E-state index in [4.69, 9.17) is 25.8 Å². The zero-order chi connectivity index (χ0) is 22.5. The molecule has 2 aromatic rings. The second-order valence-corrected chi connectivity index (χ2v) is 7.84. The molecule has 0 bridgehead atoms. The van der Waals surface area contributed by atoms with Gasteiger partial charge in [0, 0.05) is 11.9 Å². The molecule has 5 atom stereocenters. The zero-order valence-corrected chi connectivity index (χ0v) is 18.2. The van der Waals surface area contributed by atoms with E-state index in [9.17, 15) is 20.1 Å². The molecule has 0 amide bonds. The third-order valence-corrected chi connectivity index (χ3v) is 5.56. The van der Waals surface area contributed by atoms with Crippen molar-refractivity contribution < 1.29 is 34.3 Å². The molecule has 2 aromatic carbocycles. The molecule has 168 valence electrons. The molecule has 3 N–H and O–H groups in total. The van der Waals surface area contributed by atoms with Gasteiger partial charge in [-0.15, -0.1) is 0 Å². The van der Waals surface area contributed by atoms with Crippen LogP contribution in [0.25, 0.3) is 0 Å². The van der Waals surface area contributed by atoms with E-state index >= 15 is 0 Å². The summed E-state index contributed by atoms with van der Waals surface area (Å²) in [6.45, 7) is 3.22.